The summed E-state index contributed by atoms with van der Waals surface area (Å²) in [6.07, 6.45) is 5.52. The van der Waals surface area contributed by atoms with E-state index < -0.39 is 0 Å². The number of nitrogens with zero attached hydrogens (tertiary/aromatic N) is 4. The summed E-state index contributed by atoms with van der Waals surface area (Å²) in [6.45, 7) is 1.23. The molecule has 2 aromatic heterocycles. The number of rotatable bonds is 6. The van der Waals surface area contributed by atoms with E-state index in [1.165, 1.54) is 0 Å². The van der Waals surface area contributed by atoms with Gasteiger partial charge in [0.15, 0.2) is 10.9 Å². The van der Waals surface area contributed by atoms with Crippen LogP contribution in [0.5, 0.6) is 0 Å². The zero-order chi connectivity index (χ0) is 21.8. The van der Waals surface area contributed by atoms with Crippen molar-refractivity contribution in [2.75, 3.05) is 10.6 Å². The van der Waals surface area contributed by atoms with Gasteiger partial charge in [-0.1, -0.05) is 57.9 Å². The fourth-order valence-electron chi connectivity index (χ4n) is 2.93. The Kier molecular flexibility index (Phi) is 7.06. The van der Waals surface area contributed by atoms with E-state index in [4.69, 9.17) is 23.8 Å². The number of anilines is 2. The maximum atomic E-state index is 6.25. The van der Waals surface area contributed by atoms with E-state index in [-0.39, 0.29) is 0 Å². The summed E-state index contributed by atoms with van der Waals surface area (Å²) in [7, 11) is 0. The van der Waals surface area contributed by atoms with Crippen LogP contribution < -0.4 is 10.6 Å². The van der Waals surface area contributed by atoms with E-state index in [1.807, 2.05) is 53.5 Å². The standard InChI is InChI=1S/C21H17Br2ClN6S/c22-16-7-5-14(6-8-16)10-29-12-17(9-25-29)26-21(31)27-20-18(23)13-30(28-20)11-15-3-1-2-4-19(15)24/h1-9,12-13H,10-11H2,(H2,26,27,28,31). The molecule has 0 aliphatic rings. The van der Waals surface area contributed by atoms with E-state index in [0.29, 0.717) is 29.0 Å². The molecule has 0 aliphatic carbocycles. The van der Waals surface area contributed by atoms with Crippen LogP contribution in [0, 0.1) is 0 Å². The SMILES string of the molecule is S=C(Nc1cnn(Cc2ccc(Br)cc2)c1)Nc1nn(Cc2ccccc2Cl)cc1Br. The number of nitrogens with one attached hydrogen (secondary N) is 2. The van der Waals surface area contributed by atoms with Gasteiger partial charge in [-0.2, -0.15) is 10.2 Å². The zero-order valence-electron chi connectivity index (χ0n) is 16.1. The summed E-state index contributed by atoms with van der Waals surface area (Å²) in [5, 5.41) is 16.3. The summed E-state index contributed by atoms with van der Waals surface area (Å²) in [6, 6.07) is 15.8. The van der Waals surface area contributed by atoms with Gasteiger partial charge in [-0.15, -0.1) is 0 Å². The number of aromatic nitrogens is 4. The van der Waals surface area contributed by atoms with E-state index in [9.17, 15) is 0 Å². The molecule has 2 aromatic carbocycles. The van der Waals surface area contributed by atoms with Crippen LogP contribution in [-0.2, 0) is 13.1 Å². The Bertz CT molecular complexity index is 1200. The maximum absolute atomic E-state index is 6.25. The van der Waals surface area contributed by atoms with Crippen LogP contribution >= 0.6 is 55.7 Å². The lowest BCUT2D eigenvalue weighted by Crippen LogP contribution is -2.19. The average Bonchev–Trinajstić information content (AvgIpc) is 3.31. The van der Waals surface area contributed by atoms with Gasteiger partial charge in [-0.25, -0.2) is 0 Å². The lowest BCUT2D eigenvalue weighted by atomic mass is 10.2. The molecule has 2 heterocycles. The Balaban J connectivity index is 1.36. The van der Waals surface area contributed by atoms with E-state index in [2.05, 4.69) is 64.8 Å². The molecule has 0 unspecified atom stereocenters. The van der Waals surface area contributed by atoms with Crippen LogP contribution in [0.4, 0.5) is 11.5 Å². The van der Waals surface area contributed by atoms with Gasteiger partial charge in [0.25, 0.3) is 0 Å². The highest BCUT2D eigenvalue weighted by molar-refractivity contribution is 9.10. The second kappa shape index (κ2) is 9.95. The molecule has 0 spiro atoms. The van der Waals surface area contributed by atoms with Crippen LogP contribution in [0.25, 0.3) is 0 Å². The fraction of sp³-hybridized carbons (Fsp3) is 0.0952. The molecule has 2 N–H and O–H groups in total. The van der Waals surface area contributed by atoms with Gasteiger partial charge >= 0.3 is 0 Å². The first-order valence-corrected chi connectivity index (χ1v) is 11.6. The minimum Gasteiger partial charge on any atom is -0.330 e. The second-order valence-electron chi connectivity index (χ2n) is 6.75. The first-order chi connectivity index (χ1) is 15.0. The van der Waals surface area contributed by atoms with Crippen molar-refractivity contribution in [2.45, 2.75) is 13.1 Å². The topological polar surface area (TPSA) is 59.7 Å². The minimum absolute atomic E-state index is 0.423. The summed E-state index contributed by atoms with van der Waals surface area (Å²) in [5.74, 6) is 0.617. The van der Waals surface area contributed by atoms with Gasteiger partial charge in [0.05, 0.1) is 29.4 Å². The summed E-state index contributed by atoms with van der Waals surface area (Å²) < 4.78 is 5.50. The van der Waals surface area contributed by atoms with Crippen LogP contribution in [-0.4, -0.2) is 24.7 Å². The molecule has 0 radical (unpaired) electrons. The molecule has 0 saturated heterocycles. The normalized spacial score (nSPS) is 10.8. The largest absolute Gasteiger partial charge is 0.330 e. The predicted molar refractivity (Wildman–Crippen MR) is 136 cm³/mol. The maximum Gasteiger partial charge on any atom is 0.176 e. The highest BCUT2D eigenvalue weighted by Gasteiger charge is 2.10. The lowest BCUT2D eigenvalue weighted by Gasteiger charge is -2.07. The van der Waals surface area contributed by atoms with Crippen LogP contribution in [0.2, 0.25) is 5.02 Å². The molecular weight excluding hydrogens is 564 g/mol. The number of hydrogen-bond donors (Lipinski definition) is 2. The highest BCUT2D eigenvalue weighted by atomic mass is 79.9. The highest BCUT2D eigenvalue weighted by Crippen LogP contribution is 2.23. The van der Waals surface area contributed by atoms with Gasteiger partial charge in [-0.05, 0) is 57.5 Å². The van der Waals surface area contributed by atoms with Gasteiger partial charge in [-0.3, -0.25) is 9.36 Å². The number of hydrogen-bond acceptors (Lipinski definition) is 3. The van der Waals surface area contributed by atoms with Crippen molar-refractivity contribution in [2.24, 2.45) is 0 Å². The number of thiocarbonyl (C=S) groups is 1. The lowest BCUT2D eigenvalue weighted by molar-refractivity contribution is 0.687. The molecule has 0 fully saturated rings. The van der Waals surface area contributed by atoms with Crippen molar-refractivity contribution in [3.63, 3.8) is 0 Å². The Labute approximate surface area is 206 Å². The average molecular weight is 581 g/mol. The third kappa shape index (κ3) is 5.94. The third-order valence-electron chi connectivity index (χ3n) is 4.39. The first kappa shape index (κ1) is 22.0. The molecule has 0 amide bonds. The van der Waals surface area contributed by atoms with E-state index in [1.54, 1.807) is 10.9 Å². The smallest absolute Gasteiger partial charge is 0.176 e. The molecule has 10 heteroatoms. The van der Waals surface area contributed by atoms with Crippen molar-refractivity contribution >= 4 is 72.3 Å². The van der Waals surface area contributed by atoms with Crippen molar-refractivity contribution in [3.8, 4) is 0 Å². The zero-order valence-corrected chi connectivity index (χ0v) is 20.8. The quantitative estimate of drug-likeness (QED) is 0.268. The molecule has 0 atom stereocenters. The van der Waals surface area contributed by atoms with Crippen molar-refractivity contribution in [1.82, 2.24) is 19.6 Å². The van der Waals surface area contributed by atoms with Crippen LogP contribution in [0.1, 0.15) is 11.1 Å². The van der Waals surface area contributed by atoms with E-state index in [0.717, 1.165) is 25.8 Å². The predicted octanol–water partition coefficient (Wildman–Crippen LogP) is 6.16. The molecular formula is C21H17Br2ClN6S. The van der Waals surface area contributed by atoms with Crippen molar-refractivity contribution in [3.05, 3.63) is 92.2 Å². The Morgan fingerprint density at radius 1 is 0.968 bits per heavy atom. The summed E-state index contributed by atoms with van der Waals surface area (Å²) in [4.78, 5) is 0. The monoisotopic (exact) mass is 578 g/mol. The molecule has 4 aromatic rings. The molecule has 158 valence electrons. The van der Waals surface area contributed by atoms with E-state index >= 15 is 0 Å². The fourth-order valence-corrected chi connectivity index (χ4v) is 4.01. The molecule has 4 rings (SSSR count). The van der Waals surface area contributed by atoms with Gasteiger partial charge in [0.1, 0.15) is 0 Å². The van der Waals surface area contributed by atoms with Crippen molar-refractivity contribution < 1.29 is 0 Å². The van der Waals surface area contributed by atoms with Crippen LogP contribution in [0.15, 0.2) is 76.1 Å². The first-order valence-electron chi connectivity index (χ1n) is 9.27. The van der Waals surface area contributed by atoms with Gasteiger partial charge < -0.3 is 10.6 Å². The Morgan fingerprint density at radius 3 is 2.52 bits per heavy atom. The van der Waals surface area contributed by atoms with Crippen molar-refractivity contribution in [1.29, 1.82) is 0 Å². The Hall–Kier alpha value is -2.20. The Morgan fingerprint density at radius 2 is 1.74 bits per heavy atom. The van der Waals surface area contributed by atoms with Gasteiger partial charge in [0.2, 0.25) is 0 Å². The third-order valence-corrected chi connectivity index (χ3v) is 6.07. The molecule has 6 nitrogen and oxygen atoms in total. The molecule has 0 saturated carbocycles. The van der Waals surface area contributed by atoms with Gasteiger partial charge in [0, 0.05) is 21.9 Å². The number of halogens is 3. The molecule has 0 bridgehead atoms. The molecule has 31 heavy (non-hydrogen) atoms. The minimum atomic E-state index is 0.423. The summed E-state index contributed by atoms with van der Waals surface area (Å²) >= 11 is 18.6. The number of benzene rings is 2. The molecule has 0 aliphatic heterocycles. The second-order valence-corrected chi connectivity index (χ2v) is 9.33. The van der Waals surface area contributed by atoms with Crippen LogP contribution in [0.3, 0.4) is 0 Å². The summed E-state index contributed by atoms with van der Waals surface area (Å²) in [5.41, 5.74) is 2.94.